The van der Waals surface area contributed by atoms with E-state index in [1.165, 1.54) is 43.4 Å². The molecule has 2 aromatic rings. The number of rotatable bonds is 2. The summed E-state index contributed by atoms with van der Waals surface area (Å²) >= 11 is 1.22. The minimum Gasteiger partial charge on any atom is -0.479 e. The maximum atomic E-state index is 12.3. The molecule has 0 bridgehead atoms. The van der Waals surface area contributed by atoms with Gasteiger partial charge in [0, 0.05) is 17.0 Å². The summed E-state index contributed by atoms with van der Waals surface area (Å²) in [5.41, 5.74) is 0.427. The SMILES string of the molecule is COc1ncnc2c1NC(=O)c1cc([N+](=O)[O-])ccc1S2. The van der Waals surface area contributed by atoms with Gasteiger partial charge in [-0.25, -0.2) is 4.98 Å². The molecular formula is C12H8N4O4S. The molecule has 8 nitrogen and oxygen atoms in total. The molecule has 3 rings (SSSR count). The van der Waals surface area contributed by atoms with Crippen molar-refractivity contribution in [2.24, 2.45) is 0 Å². The van der Waals surface area contributed by atoms with Crippen molar-refractivity contribution in [3.8, 4) is 5.88 Å². The molecule has 0 atom stereocenters. The third-order valence-electron chi connectivity index (χ3n) is 2.83. The predicted octanol–water partition coefficient (Wildman–Crippen LogP) is 2.11. The molecule has 0 saturated heterocycles. The van der Waals surface area contributed by atoms with Crippen molar-refractivity contribution in [3.63, 3.8) is 0 Å². The van der Waals surface area contributed by atoms with E-state index in [0.29, 0.717) is 15.6 Å². The Balaban J connectivity index is 2.13. The van der Waals surface area contributed by atoms with E-state index in [2.05, 4.69) is 15.3 Å². The number of carbonyl (C=O) groups is 1. The highest BCUT2D eigenvalue weighted by Gasteiger charge is 2.26. The van der Waals surface area contributed by atoms with Crippen LogP contribution in [0, 0.1) is 10.1 Å². The lowest BCUT2D eigenvalue weighted by molar-refractivity contribution is -0.384. The van der Waals surface area contributed by atoms with Crippen LogP contribution in [0.2, 0.25) is 0 Å². The second-order valence-electron chi connectivity index (χ2n) is 4.06. The highest BCUT2D eigenvalue weighted by atomic mass is 32.2. The second-order valence-corrected chi connectivity index (χ2v) is 5.09. The van der Waals surface area contributed by atoms with Crippen LogP contribution in [0.5, 0.6) is 5.88 Å². The maximum absolute atomic E-state index is 12.3. The number of carbonyl (C=O) groups excluding carboxylic acids is 1. The average molecular weight is 304 g/mol. The van der Waals surface area contributed by atoms with Gasteiger partial charge >= 0.3 is 0 Å². The van der Waals surface area contributed by atoms with Crippen LogP contribution in [0.3, 0.4) is 0 Å². The highest BCUT2D eigenvalue weighted by molar-refractivity contribution is 7.99. The van der Waals surface area contributed by atoms with Crippen LogP contribution >= 0.6 is 11.8 Å². The number of benzene rings is 1. The molecule has 1 N–H and O–H groups in total. The van der Waals surface area contributed by atoms with Crippen molar-refractivity contribution in [3.05, 3.63) is 40.2 Å². The number of amides is 1. The lowest BCUT2D eigenvalue weighted by Gasteiger charge is -2.08. The number of aromatic nitrogens is 2. The summed E-state index contributed by atoms with van der Waals surface area (Å²) in [4.78, 5) is 31.1. The van der Waals surface area contributed by atoms with Gasteiger partial charge in [0.05, 0.1) is 17.6 Å². The molecule has 2 heterocycles. The van der Waals surface area contributed by atoms with Gasteiger partial charge < -0.3 is 10.1 Å². The fourth-order valence-corrected chi connectivity index (χ4v) is 2.82. The zero-order chi connectivity index (χ0) is 15.0. The molecule has 9 heteroatoms. The molecule has 0 fully saturated rings. The Morgan fingerprint density at radius 3 is 2.90 bits per heavy atom. The largest absolute Gasteiger partial charge is 0.479 e. The lowest BCUT2D eigenvalue weighted by atomic mass is 10.2. The number of nitrogens with zero attached hydrogens (tertiary/aromatic N) is 3. The number of hydrogen-bond donors (Lipinski definition) is 1. The summed E-state index contributed by atoms with van der Waals surface area (Å²) in [5, 5.41) is 14.0. The third-order valence-corrected chi connectivity index (χ3v) is 3.91. The summed E-state index contributed by atoms with van der Waals surface area (Å²) in [7, 11) is 1.43. The number of non-ortho nitro benzene ring substituents is 1. The molecule has 0 spiro atoms. The van der Waals surface area contributed by atoms with Gasteiger partial charge in [-0.15, -0.1) is 0 Å². The minimum absolute atomic E-state index is 0.145. The quantitative estimate of drug-likeness (QED) is 0.514. The van der Waals surface area contributed by atoms with Gasteiger partial charge in [-0.3, -0.25) is 14.9 Å². The van der Waals surface area contributed by atoms with Gasteiger partial charge in [0.2, 0.25) is 5.88 Å². The Hall–Kier alpha value is -2.68. The molecule has 1 aliphatic rings. The molecule has 0 saturated carbocycles. The van der Waals surface area contributed by atoms with Crippen molar-refractivity contribution in [1.82, 2.24) is 9.97 Å². The van der Waals surface area contributed by atoms with Gasteiger partial charge in [-0.2, -0.15) is 4.98 Å². The smallest absolute Gasteiger partial charge is 0.270 e. The molecule has 0 unspecified atom stereocenters. The fourth-order valence-electron chi connectivity index (χ4n) is 1.88. The van der Waals surface area contributed by atoms with E-state index in [1.54, 1.807) is 0 Å². The number of anilines is 1. The lowest BCUT2D eigenvalue weighted by Crippen LogP contribution is -2.13. The van der Waals surface area contributed by atoms with Gasteiger partial charge in [0.1, 0.15) is 17.0 Å². The maximum Gasteiger partial charge on any atom is 0.270 e. The summed E-state index contributed by atoms with van der Waals surface area (Å²) < 4.78 is 5.09. The van der Waals surface area contributed by atoms with Gasteiger partial charge in [-0.05, 0) is 6.07 Å². The van der Waals surface area contributed by atoms with E-state index in [9.17, 15) is 14.9 Å². The predicted molar refractivity (Wildman–Crippen MR) is 73.8 cm³/mol. The molecule has 0 aliphatic carbocycles. The first-order valence-electron chi connectivity index (χ1n) is 5.77. The Bertz CT molecular complexity index is 765. The van der Waals surface area contributed by atoms with Crippen molar-refractivity contribution in [2.75, 3.05) is 12.4 Å². The van der Waals surface area contributed by atoms with E-state index in [0.717, 1.165) is 0 Å². The summed E-state index contributed by atoms with van der Waals surface area (Å²) in [5.74, 6) is -0.226. The van der Waals surface area contributed by atoms with Crippen LogP contribution in [0.1, 0.15) is 10.4 Å². The number of hydrogen-bond acceptors (Lipinski definition) is 7. The van der Waals surface area contributed by atoms with E-state index in [4.69, 9.17) is 4.74 Å². The molecule has 1 aliphatic heterocycles. The Morgan fingerprint density at radius 1 is 1.38 bits per heavy atom. The van der Waals surface area contributed by atoms with Crippen molar-refractivity contribution >= 4 is 29.0 Å². The van der Waals surface area contributed by atoms with E-state index >= 15 is 0 Å². The molecule has 0 radical (unpaired) electrons. The Labute approximate surface area is 122 Å². The van der Waals surface area contributed by atoms with E-state index < -0.39 is 10.8 Å². The number of nitro benzene ring substituents is 1. The highest BCUT2D eigenvalue weighted by Crippen LogP contribution is 2.41. The molecule has 1 amide bonds. The van der Waals surface area contributed by atoms with E-state index in [-0.39, 0.29) is 17.1 Å². The van der Waals surface area contributed by atoms with Crippen molar-refractivity contribution in [2.45, 2.75) is 9.92 Å². The standard InChI is InChI=1S/C12H8N4O4S/c1-20-11-9-12(14-5-13-11)21-8-3-2-6(16(18)19)4-7(8)10(17)15-9/h2-5H,1H3,(H,15,17). The van der Waals surface area contributed by atoms with E-state index in [1.807, 2.05) is 0 Å². The normalized spacial score (nSPS) is 12.7. The van der Waals surface area contributed by atoms with Gasteiger partial charge in [-0.1, -0.05) is 11.8 Å². The summed E-state index contributed by atoms with van der Waals surface area (Å²) in [6.07, 6.45) is 1.33. The summed E-state index contributed by atoms with van der Waals surface area (Å²) in [6.45, 7) is 0. The van der Waals surface area contributed by atoms with Gasteiger partial charge in [0.25, 0.3) is 11.6 Å². The summed E-state index contributed by atoms with van der Waals surface area (Å²) in [6, 6.07) is 4.12. The average Bonchev–Trinajstić information content (AvgIpc) is 2.62. The molecule has 106 valence electrons. The van der Waals surface area contributed by atoms with Crippen LogP contribution in [-0.2, 0) is 0 Å². The number of nitro groups is 1. The Kier molecular flexibility index (Phi) is 3.18. The van der Waals surface area contributed by atoms with Crippen LogP contribution < -0.4 is 10.1 Å². The number of ether oxygens (including phenoxy) is 1. The molecule has 21 heavy (non-hydrogen) atoms. The third kappa shape index (κ3) is 2.27. The van der Waals surface area contributed by atoms with Crippen molar-refractivity contribution in [1.29, 1.82) is 0 Å². The first kappa shape index (κ1) is 13.3. The zero-order valence-corrected chi connectivity index (χ0v) is 11.5. The first-order chi connectivity index (χ1) is 10.1. The van der Waals surface area contributed by atoms with Gasteiger partial charge in [0.15, 0.2) is 0 Å². The van der Waals surface area contributed by atoms with Crippen LogP contribution in [0.4, 0.5) is 11.4 Å². The first-order valence-corrected chi connectivity index (χ1v) is 6.58. The fraction of sp³-hybridized carbons (Fsp3) is 0.0833. The minimum atomic E-state index is -0.545. The Morgan fingerprint density at radius 2 is 2.19 bits per heavy atom. The van der Waals surface area contributed by atoms with Crippen LogP contribution in [0.15, 0.2) is 34.4 Å². The zero-order valence-electron chi connectivity index (χ0n) is 10.7. The topological polar surface area (TPSA) is 107 Å². The van der Waals surface area contributed by atoms with Crippen molar-refractivity contribution < 1.29 is 14.5 Å². The molecular weight excluding hydrogens is 296 g/mol. The van der Waals surface area contributed by atoms with Crippen LogP contribution in [-0.4, -0.2) is 27.9 Å². The molecule has 1 aromatic carbocycles. The second kappa shape index (κ2) is 5.02. The molecule has 1 aromatic heterocycles. The monoisotopic (exact) mass is 304 g/mol. The number of methoxy groups -OCH3 is 1. The number of nitrogens with one attached hydrogen (secondary N) is 1. The van der Waals surface area contributed by atoms with Crippen LogP contribution in [0.25, 0.3) is 0 Å². The number of fused-ring (bicyclic) bond motifs is 2.